The van der Waals surface area contributed by atoms with Crippen LogP contribution in [0.15, 0.2) is 12.1 Å². The average Bonchev–Trinajstić information content (AvgIpc) is 2.89. The lowest BCUT2D eigenvalue weighted by Crippen LogP contribution is -2.33. The summed E-state index contributed by atoms with van der Waals surface area (Å²) in [6.45, 7) is 3.09. The number of pyridine rings is 1. The first-order valence-corrected chi connectivity index (χ1v) is 6.23. The van der Waals surface area contributed by atoms with Crippen molar-refractivity contribution in [3.05, 3.63) is 23.4 Å². The molecule has 0 spiro atoms. The Kier molecular flexibility index (Phi) is 2.31. The van der Waals surface area contributed by atoms with Gasteiger partial charge in [-0.2, -0.15) is 0 Å². The number of nitrogen functional groups attached to an aromatic ring is 1. The minimum absolute atomic E-state index is 0.126. The molecule has 3 N–H and O–H groups in total. The number of nitrogens with zero attached hydrogens (tertiary/aromatic N) is 2. The van der Waals surface area contributed by atoms with E-state index in [1.165, 1.54) is 19.3 Å². The van der Waals surface area contributed by atoms with E-state index in [0.29, 0.717) is 6.04 Å². The fourth-order valence-electron chi connectivity index (χ4n) is 3.16. The van der Waals surface area contributed by atoms with E-state index in [0.717, 1.165) is 29.5 Å². The van der Waals surface area contributed by atoms with Gasteiger partial charge in [-0.1, -0.05) is 0 Å². The number of aryl methyl sites for hydroxylation is 1. The van der Waals surface area contributed by atoms with Crippen LogP contribution in [0.1, 0.15) is 30.5 Å². The molecule has 0 radical (unpaired) electrons. The van der Waals surface area contributed by atoms with Crippen LogP contribution in [0.3, 0.4) is 0 Å². The third kappa shape index (κ3) is 1.77. The molecule has 1 aliphatic carbocycles. The summed E-state index contributed by atoms with van der Waals surface area (Å²) in [6.07, 6.45) is 3.97. The van der Waals surface area contributed by atoms with Crippen molar-refractivity contribution in [3.8, 4) is 0 Å². The maximum atomic E-state index is 7.53. The number of aromatic nitrogens is 1. The highest BCUT2D eigenvalue weighted by Crippen LogP contribution is 2.39. The number of fused-ring (bicyclic) bond motifs is 2. The van der Waals surface area contributed by atoms with Crippen LogP contribution < -0.4 is 10.6 Å². The van der Waals surface area contributed by atoms with E-state index in [9.17, 15) is 0 Å². The van der Waals surface area contributed by atoms with Gasteiger partial charge in [0.15, 0.2) is 0 Å². The van der Waals surface area contributed by atoms with E-state index in [2.05, 4.69) is 9.88 Å². The van der Waals surface area contributed by atoms with Crippen LogP contribution in [0.5, 0.6) is 0 Å². The van der Waals surface area contributed by atoms with Gasteiger partial charge in [0.2, 0.25) is 0 Å². The summed E-state index contributed by atoms with van der Waals surface area (Å²) < 4.78 is 0. The Morgan fingerprint density at radius 2 is 2.29 bits per heavy atom. The summed E-state index contributed by atoms with van der Waals surface area (Å²) in [6, 6.07) is 4.49. The average molecular weight is 230 g/mol. The van der Waals surface area contributed by atoms with E-state index in [-0.39, 0.29) is 5.84 Å². The van der Waals surface area contributed by atoms with E-state index >= 15 is 0 Å². The molecule has 0 aromatic carbocycles. The van der Waals surface area contributed by atoms with Gasteiger partial charge >= 0.3 is 0 Å². The molecule has 4 heteroatoms. The van der Waals surface area contributed by atoms with E-state index in [4.69, 9.17) is 11.1 Å². The topological polar surface area (TPSA) is 66.0 Å². The van der Waals surface area contributed by atoms with Crippen LogP contribution in [-0.2, 0) is 0 Å². The quantitative estimate of drug-likeness (QED) is 0.600. The zero-order valence-electron chi connectivity index (χ0n) is 10.1. The number of nitrogens with one attached hydrogen (secondary N) is 1. The normalized spacial score (nSPS) is 26.5. The summed E-state index contributed by atoms with van der Waals surface area (Å²) in [4.78, 5) is 6.99. The molecule has 2 bridgehead atoms. The SMILES string of the molecule is Cc1cc(C(=N)N)cc(N2CC3CCC2C3)n1. The molecule has 1 saturated heterocycles. The Morgan fingerprint density at radius 3 is 2.88 bits per heavy atom. The maximum absolute atomic E-state index is 7.53. The molecule has 2 heterocycles. The summed E-state index contributed by atoms with van der Waals surface area (Å²) in [5, 5.41) is 7.53. The number of nitrogens with two attached hydrogens (primary N) is 1. The fourth-order valence-corrected chi connectivity index (χ4v) is 3.16. The molecule has 4 nitrogen and oxygen atoms in total. The lowest BCUT2D eigenvalue weighted by molar-refractivity contribution is 0.550. The number of piperidine rings is 1. The molecule has 2 fully saturated rings. The van der Waals surface area contributed by atoms with Crippen LogP contribution in [0, 0.1) is 18.3 Å². The van der Waals surface area contributed by atoms with Crippen LogP contribution in [-0.4, -0.2) is 23.4 Å². The second kappa shape index (κ2) is 3.72. The number of amidine groups is 1. The molecule has 2 aliphatic rings. The van der Waals surface area contributed by atoms with Gasteiger partial charge in [0.25, 0.3) is 0 Å². The van der Waals surface area contributed by atoms with Crippen molar-refractivity contribution in [2.24, 2.45) is 11.7 Å². The summed E-state index contributed by atoms with van der Waals surface area (Å²) in [7, 11) is 0. The molecular weight excluding hydrogens is 212 g/mol. The lowest BCUT2D eigenvalue weighted by Gasteiger charge is -2.28. The fraction of sp³-hybridized carbons (Fsp3) is 0.538. The van der Waals surface area contributed by atoms with E-state index < -0.39 is 0 Å². The number of rotatable bonds is 2. The summed E-state index contributed by atoms with van der Waals surface area (Å²) >= 11 is 0. The molecule has 2 unspecified atom stereocenters. The van der Waals surface area contributed by atoms with Gasteiger partial charge in [0.1, 0.15) is 11.7 Å². The molecule has 1 aliphatic heterocycles. The molecule has 0 amide bonds. The van der Waals surface area contributed by atoms with Crippen LogP contribution in [0.4, 0.5) is 5.82 Å². The monoisotopic (exact) mass is 230 g/mol. The smallest absolute Gasteiger partial charge is 0.129 e. The number of hydrogen-bond acceptors (Lipinski definition) is 3. The Labute approximate surface area is 101 Å². The number of anilines is 1. The first-order valence-electron chi connectivity index (χ1n) is 6.23. The first-order chi connectivity index (χ1) is 8.13. The Morgan fingerprint density at radius 1 is 1.47 bits per heavy atom. The summed E-state index contributed by atoms with van der Waals surface area (Å²) in [5.74, 6) is 1.98. The third-order valence-electron chi connectivity index (χ3n) is 3.95. The van der Waals surface area contributed by atoms with Gasteiger partial charge < -0.3 is 10.6 Å². The zero-order chi connectivity index (χ0) is 12.0. The highest BCUT2D eigenvalue weighted by Gasteiger charge is 2.38. The van der Waals surface area contributed by atoms with Gasteiger partial charge in [0.05, 0.1) is 0 Å². The maximum Gasteiger partial charge on any atom is 0.129 e. The molecule has 90 valence electrons. The summed E-state index contributed by atoms with van der Waals surface area (Å²) in [5.41, 5.74) is 7.29. The van der Waals surface area contributed by atoms with Gasteiger partial charge in [0, 0.05) is 23.8 Å². The van der Waals surface area contributed by atoms with Gasteiger partial charge in [-0.3, -0.25) is 5.41 Å². The van der Waals surface area contributed by atoms with Gasteiger partial charge in [-0.15, -0.1) is 0 Å². The molecule has 2 atom stereocenters. The molecule has 1 aromatic heterocycles. The van der Waals surface area contributed by atoms with Crippen molar-refractivity contribution in [1.29, 1.82) is 5.41 Å². The highest BCUT2D eigenvalue weighted by atomic mass is 15.2. The minimum Gasteiger partial charge on any atom is -0.384 e. The van der Waals surface area contributed by atoms with Crippen molar-refractivity contribution in [2.45, 2.75) is 32.2 Å². The third-order valence-corrected chi connectivity index (χ3v) is 3.95. The van der Waals surface area contributed by atoms with Crippen LogP contribution >= 0.6 is 0 Å². The largest absolute Gasteiger partial charge is 0.384 e. The van der Waals surface area contributed by atoms with Gasteiger partial charge in [-0.25, -0.2) is 4.98 Å². The molecular formula is C13H18N4. The molecule has 3 rings (SSSR count). The second-order valence-electron chi connectivity index (χ2n) is 5.25. The lowest BCUT2D eigenvalue weighted by atomic mass is 10.1. The van der Waals surface area contributed by atoms with Crippen molar-refractivity contribution in [3.63, 3.8) is 0 Å². The Balaban J connectivity index is 1.95. The molecule has 17 heavy (non-hydrogen) atoms. The van der Waals surface area contributed by atoms with Crippen molar-refractivity contribution < 1.29 is 0 Å². The minimum atomic E-state index is 0.126. The van der Waals surface area contributed by atoms with E-state index in [1.54, 1.807) is 0 Å². The van der Waals surface area contributed by atoms with E-state index in [1.807, 2.05) is 19.1 Å². The second-order valence-corrected chi connectivity index (χ2v) is 5.25. The Bertz CT molecular complexity index is 468. The van der Waals surface area contributed by atoms with Crippen LogP contribution in [0.25, 0.3) is 0 Å². The standard InChI is InChI=1S/C13H18N4/c1-8-4-10(13(14)15)6-12(16-8)17-7-9-2-3-11(17)5-9/h4,6,9,11H,2-3,5,7H2,1H3,(H3,14,15). The van der Waals surface area contributed by atoms with Crippen molar-refractivity contribution >= 4 is 11.7 Å². The first kappa shape index (κ1) is 10.6. The van der Waals surface area contributed by atoms with Crippen molar-refractivity contribution in [2.75, 3.05) is 11.4 Å². The van der Waals surface area contributed by atoms with Crippen LogP contribution in [0.2, 0.25) is 0 Å². The van der Waals surface area contributed by atoms with Crippen molar-refractivity contribution in [1.82, 2.24) is 4.98 Å². The zero-order valence-corrected chi connectivity index (χ0v) is 10.1. The molecule has 1 saturated carbocycles. The highest BCUT2D eigenvalue weighted by molar-refractivity contribution is 5.95. The Hall–Kier alpha value is -1.58. The number of hydrogen-bond donors (Lipinski definition) is 2. The predicted octanol–water partition coefficient (Wildman–Crippen LogP) is 1.66. The molecule has 1 aromatic rings. The predicted molar refractivity (Wildman–Crippen MR) is 68.5 cm³/mol. The van der Waals surface area contributed by atoms with Gasteiger partial charge in [-0.05, 0) is 44.2 Å².